The van der Waals surface area contributed by atoms with Crippen molar-refractivity contribution in [2.45, 2.75) is 45.1 Å². The van der Waals surface area contributed by atoms with Gasteiger partial charge in [-0.2, -0.15) is 0 Å². The Morgan fingerprint density at radius 1 is 1.19 bits per heavy atom. The summed E-state index contributed by atoms with van der Waals surface area (Å²) < 4.78 is 16.2. The number of esters is 1. The van der Waals surface area contributed by atoms with Crippen molar-refractivity contribution >= 4 is 11.9 Å². The second kappa shape index (κ2) is 8.74. The molecule has 0 fully saturated rings. The minimum atomic E-state index is -0.851. The van der Waals surface area contributed by atoms with Gasteiger partial charge in [0.25, 0.3) is 5.91 Å². The lowest BCUT2D eigenvalue weighted by atomic mass is 9.97. The van der Waals surface area contributed by atoms with Crippen LogP contribution in [0.1, 0.15) is 49.4 Å². The van der Waals surface area contributed by atoms with Gasteiger partial charge < -0.3 is 19.5 Å². The third kappa shape index (κ3) is 4.77. The number of hydrogen-bond donors (Lipinski definition) is 1. The molecule has 140 valence electrons. The van der Waals surface area contributed by atoms with Crippen LogP contribution < -0.4 is 14.8 Å². The summed E-state index contributed by atoms with van der Waals surface area (Å²) in [6.45, 7) is 3.08. The Bertz CT molecular complexity index is 697. The maximum absolute atomic E-state index is 12.3. The third-order valence-corrected chi connectivity index (χ3v) is 4.56. The molecule has 1 N–H and O–H groups in total. The molecular formula is C20H25NO5. The van der Waals surface area contributed by atoms with E-state index >= 15 is 0 Å². The normalized spacial score (nSPS) is 17.0. The summed E-state index contributed by atoms with van der Waals surface area (Å²) >= 11 is 0. The standard InChI is InChI=1S/C20H25NO5/c1-14(19(22)21-10-9-15-5-3-2-4-6-15)26-20(23)16-7-8-17-18(13-16)25-12-11-24-17/h5,7-8,13-14H,2-4,6,9-12H2,1H3,(H,21,22)/t14-/m0/s1. The molecule has 0 saturated heterocycles. The van der Waals surface area contributed by atoms with Crippen LogP contribution in [0, 0.1) is 0 Å². The van der Waals surface area contributed by atoms with Crippen LogP contribution in [0.3, 0.4) is 0 Å². The lowest BCUT2D eigenvalue weighted by Gasteiger charge is -2.19. The van der Waals surface area contributed by atoms with E-state index in [-0.39, 0.29) is 5.91 Å². The molecule has 26 heavy (non-hydrogen) atoms. The molecule has 1 atom stereocenters. The van der Waals surface area contributed by atoms with E-state index < -0.39 is 12.1 Å². The first-order chi connectivity index (χ1) is 12.6. The summed E-state index contributed by atoms with van der Waals surface area (Å²) in [7, 11) is 0. The highest BCUT2D eigenvalue weighted by Crippen LogP contribution is 2.31. The summed E-state index contributed by atoms with van der Waals surface area (Å²) in [6.07, 6.45) is 7.00. The molecule has 3 rings (SSSR count). The van der Waals surface area contributed by atoms with Crippen molar-refractivity contribution in [3.8, 4) is 11.5 Å². The topological polar surface area (TPSA) is 73.9 Å². The van der Waals surface area contributed by atoms with E-state index in [1.165, 1.54) is 18.4 Å². The van der Waals surface area contributed by atoms with Crippen LogP contribution in [0.25, 0.3) is 0 Å². The zero-order chi connectivity index (χ0) is 18.4. The summed E-state index contributed by atoms with van der Waals surface area (Å²) in [5.74, 6) is 0.283. The van der Waals surface area contributed by atoms with Crippen LogP contribution >= 0.6 is 0 Å². The molecule has 0 bridgehead atoms. The largest absolute Gasteiger partial charge is 0.486 e. The molecule has 1 aromatic rings. The van der Waals surface area contributed by atoms with E-state index in [1.54, 1.807) is 25.1 Å². The smallest absolute Gasteiger partial charge is 0.339 e. The fraction of sp³-hybridized carbons (Fsp3) is 0.500. The number of benzene rings is 1. The van der Waals surface area contributed by atoms with Gasteiger partial charge in [-0.05, 0) is 57.2 Å². The molecule has 6 heteroatoms. The monoisotopic (exact) mass is 359 g/mol. The van der Waals surface area contributed by atoms with Gasteiger partial charge >= 0.3 is 5.97 Å². The van der Waals surface area contributed by atoms with Crippen molar-refractivity contribution in [2.24, 2.45) is 0 Å². The van der Waals surface area contributed by atoms with Gasteiger partial charge in [0.1, 0.15) is 13.2 Å². The highest BCUT2D eigenvalue weighted by Gasteiger charge is 2.21. The van der Waals surface area contributed by atoms with Crippen LogP contribution in [0.4, 0.5) is 0 Å². The van der Waals surface area contributed by atoms with E-state index in [2.05, 4.69) is 11.4 Å². The van der Waals surface area contributed by atoms with Gasteiger partial charge in [0.15, 0.2) is 17.6 Å². The molecule has 0 saturated carbocycles. The van der Waals surface area contributed by atoms with Crippen LogP contribution in [0.15, 0.2) is 29.8 Å². The molecule has 0 radical (unpaired) electrons. The van der Waals surface area contributed by atoms with E-state index in [0.29, 0.717) is 36.8 Å². The van der Waals surface area contributed by atoms with Crippen LogP contribution in [-0.2, 0) is 9.53 Å². The van der Waals surface area contributed by atoms with Crippen molar-refractivity contribution in [1.82, 2.24) is 5.32 Å². The predicted octanol–water partition coefficient (Wildman–Crippen LogP) is 3.01. The molecule has 0 unspecified atom stereocenters. The zero-order valence-electron chi connectivity index (χ0n) is 15.1. The van der Waals surface area contributed by atoms with Crippen molar-refractivity contribution in [3.63, 3.8) is 0 Å². The number of nitrogens with one attached hydrogen (secondary N) is 1. The Labute approximate surface area is 153 Å². The van der Waals surface area contributed by atoms with Gasteiger partial charge in [0.2, 0.25) is 0 Å². The molecule has 0 spiro atoms. The van der Waals surface area contributed by atoms with E-state index in [9.17, 15) is 9.59 Å². The van der Waals surface area contributed by atoms with E-state index in [1.807, 2.05) is 0 Å². The fourth-order valence-electron chi connectivity index (χ4n) is 3.07. The predicted molar refractivity (Wildman–Crippen MR) is 96.5 cm³/mol. The molecule has 1 aliphatic heterocycles. The van der Waals surface area contributed by atoms with E-state index in [4.69, 9.17) is 14.2 Å². The van der Waals surface area contributed by atoms with Gasteiger partial charge in [0, 0.05) is 6.54 Å². The van der Waals surface area contributed by atoms with Gasteiger partial charge in [-0.3, -0.25) is 4.79 Å². The highest BCUT2D eigenvalue weighted by atomic mass is 16.6. The van der Waals surface area contributed by atoms with E-state index in [0.717, 1.165) is 19.3 Å². The number of allylic oxidation sites excluding steroid dienone is 1. The van der Waals surface area contributed by atoms with Crippen LogP contribution in [0.5, 0.6) is 11.5 Å². The lowest BCUT2D eigenvalue weighted by Crippen LogP contribution is -2.36. The summed E-state index contributed by atoms with van der Waals surface area (Å²) in [5.41, 5.74) is 1.73. The molecule has 1 heterocycles. The molecule has 0 aromatic heterocycles. The average molecular weight is 359 g/mol. The maximum atomic E-state index is 12.3. The Morgan fingerprint density at radius 2 is 2.00 bits per heavy atom. The van der Waals surface area contributed by atoms with Gasteiger partial charge in [-0.1, -0.05) is 11.6 Å². The number of carbonyl (C=O) groups excluding carboxylic acids is 2. The first-order valence-corrected chi connectivity index (χ1v) is 9.20. The minimum absolute atomic E-state index is 0.285. The number of hydrogen-bond acceptors (Lipinski definition) is 5. The van der Waals surface area contributed by atoms with Gasteiger partial charge in [-0.15, -0.1) is 0 Å². The van der Waals surface area contributed by atoms with Crippen LogP contribution in [0.2, 0.25) is 0 Å². The molecular weight excluding hydrogens is 334 g/mol. The molecule has 1 amide bonds. The number of amides is 1. The third-order valence-electron chi connectivity index (χ3n) is 4.56. The first kappa shape index (κ1) is 18.3. The second-order valence-electron chi connectivity index (χ2n) is 6.56. The maximum Gasteiger partial charge on any atom is 0.339 e. The molecule has 1 aromatic carbocycles. The minimum Gasteiger partial charge on any atom is -0.486 e. The van der Waals surface area contributed by atoms with Crippen molar-refractivity contribution in [3.05, 3.63) is 35.4 Å². The Hall–Kier alpha value is -2.50. The number of rotatable bonds is 6. The second-order valence-corrected chi connectivity index (χ2v) is 6.56. The summed E-state index contributed by atoms with van der Waals surface area (Å²) in [4.78, 5) is 24.4. The Morgan fingerprint density at radius 3 is 2.77 bits per heavy atom. The van der Waals surface area contributed by atoms with Crippen molar-refractivity contribution in [2.75, 3.05) is 19.8 Å². The summed E-state index contributed by atoms with van der Waals surface area (Å²) in [5, 5.41) is 2.83. The fourth-order valence-corrected chi connectivity index (χ4v) is 3.07. The molecule has 6 nitrogen and oxygen atoms in total. The zero-order valence-corrected chi connectivity index (χ0v) is 15.1. The average Bonchev–Trinajstić information content (AvgIpc) is 2.68. The van der Waals surface area contributed by atoms with Crippen LogP contribution in [-0.4, -0.2) is 37.7 Å². The van der Waals surface area contributed by atoms with Crippen molar-refractivity contribution in [1.29, 1.82) is 0 Å². The van der Waals surface area contributed by atoms with Crippen molar-refractivity contribution < 1.29 is 23.8 Å². The SMILES string of the molecule is C[C@H](OC(=O)c1ccc2c(c1)OCCO2)C(=O)NCCC1=CCCCC1. The number of carbonyl (C=O) groups is 2. The number of ether oxygens (including phenoxy) is 3. The highest BCUT2D eigenvalue weighted by molar-refractivity contribution is 5.92. The molecule has 2 aliphatic rings. The molecule has 1 aliphatic carbocycles. The Kier molecular flexibility index (Phi) is 6.15. The van der Waals surface area contributed by atoms with Gasteiger partial charge in [0.05, 0.1) is 5.56 Å². The lowest BCUT2D eigenvalue weighted by molar-refractivity contribution is -0.129. The number of fused-ring (bicyclic) bond motifs is 1. The first-order valence-electron chi connectivity index (χ1n) is 9.20. The summed E-state index contributed by atoms with van der Waals surface area (Å²) in [6, 6.07) is 4.86. The van der Waals surface area contributed by atoms with Gasteiger partial charge in [-0.25, -0.2) is 4.79 Å². The quantitative estimate of drug-likeness (QED) is 0.624. The Balaban J connectivity index is 1.47.